The molecule has 0 atom stereocenters. The summed E-state index contributed by atoms with van der Waals surface area (Å²) in [5.41, 5.74) is 4.38. The lowest BCUT2D eigenvalue weighted by Crippen LogP contribution is -2.23. The van der Waals surface area contributed by atoms with E-state index in [0.717, 1.165) is 42.0 Å². The fourth-order valence-electron chi connectivity index (χ4n) is 2.63. The van der Waals surface area contributed by atoms with Crippen molar-refractivity contribution in [1.29, 1.82) is 0 Å². The number of hydrogen-bond acceptors (Lipinski definition) is 3. The quantitative estimate of drug-likeness (QED) is 0.579. The van der Waals surface area contributed by atoms with E-state index < -0.39 is 0 Å². The summed E-state index contributed by atoms with van der Waals surface area (Å²) in [5.74, 6) is 0.674. The van der Waals surface area contributed by atoms with Crippen molar-refractivity contribution in [2.24, 2.45) is 0 Å². The minimum absolute atomic E-state index is 0.172. The van der Waals surface area contributed by atoms with Gasteiger partial charge in [-0.2, -0.15) is 5.10 Å². The Kier molecular flexibility index (Phi) is 6.26. The average Bonchev–Trinajstić information content (AvgIpc) is 3.18. The van der Waals surface area contributed by atoms with Crippen LogP contribution >= 0.6 is 0 Å². The maximum atomic E-state index is 12.3. The standard InChI is InChI=1S/C22H25N3O2/c1-3-4-13-27-19-11-9-18(10-12-19)20-14-21(25-24-20)22(26)23-15-17-7-5-16(2)6-8-17/h5-12,14H,3-4,13,15H2,1-2H3,(H,23,26)(H,24,25). The number of H-pyrrole nitrogens is 1. The third kappa shape index (κ3) is 5.20. The third-order valence-electron chi connectivity index (χ3n) is 4.31. The van der Waals surface area contributed by atoms with Gasteiger partial charge in [0.25, 0.3) is 5.91 Å². The van der Waals surface area contributed by atoms with Crippen molar-refractivity contribution in [3.63, 3.8) is 0 Å². The molecule has 0 radical (unpaired) electrons. The summed E-state index contributed by atoms with van der Waals surface area (Å²) in [6, 6.07) is 17.6. The van der Waals surface area contributed by atoms with Crippen LogP contribution in [0.25, 0.3) is 11.3 Å². The van der Waals surface area contributed by atoms with E-state index in [-0.39, 0.29) is 5.91 Å². The zero-order chi connectivity index (χ0) is 19.1. The number of nitrogens with one attached hydrogen (secondary N) is 2. The molecule has 0 bridgehead atoms. The molecule has 0 spiro atoms. The van der Waals surface area contributed by atoms with Gasteiger partial charge in [0, 0.05) is 12.1 Å². The number of ether oxygens (including phenoxy) is 1. The molecule has 3 aromatic rings. The smallest absolute Gasteiger partial charge is 0.269 e. The number of hydrogen-bond donors (Lipinski definition) is 2. The maximum Gasteiger partial charge on any atom is 0.269 e. The highest BCUT2D eigenvalue weighted by Crippen LogP contribution is 2.21. The second-order valence-corrected chi connectivity index (χ2v) is 6.56. The Balaban J connectivity index is 1.58. The molecule has 0 saturated carbocycles. The molecule has 0 aliphatic rings. The van der Waals surface area contributed by atoms with E-state index in [1.54, 1.807) is 6.07 Å². The molecule has 0 unspecified atom stereocenters. The normalized spacial score (nSPS) is 10.6. The lowest BCUT2D eigenvalue weighted by atomic mass is 10.1. The van der Waals surface area contributed by atoms with Crippen LogP contribution in [0.4, 0.5) is 0 Å². The number of aryl methyl sites for hydroxylation is 1. The molecule has 3 rings (SSSR count). The Morgan fingerprint density at radius 1 is 1.11 bits per heavy atom. The van der Waals surface area contributed by atoms with Gasteiger partial charge < -0.3 is 10.1 Å². The molecule has 0 fully saturated rings. The lowest BCUT2D eigenvalue weighted by Gasteiger charge is -2.05. The topological polar surface area (TPSA) is 67.0 Å². The second-order valence-electron chi connectivity index (χ2n) is 6.56. The van der Waals surface area contributed by atoms with Crippen LogP contribution in [0.5, 0.6) is 5.75 Å². The van der Waals surface area contributed by atoms with Gasteiger partial charge in [-0.15, -0.1) is 0 Å². The van der Waals surface area contributed by atoms with E-state index in [0.29, 0.717) is 12.2 Å². The Labute approximate surface area is 159 Å². The Hall–Kier alpha value is -3.08. The van der Waals surface area contributed by atoms with Crippen molar-refractivity contribution in [2.75, 3.05) is 6.61 Å². The molecular weight excluding hydrogens is 338 g/mol. The number of rotatable bonds is 8. The van der Waals surface area contributed by atoms with Crippen molar-refractivity contribution in [3.05, 3.63) is 71.4 Å². The van der Waals surface area contributed by atoms with Crippen LogP contribution in [0.2, 0.25) is 0 Å². The van der Waals surface area contributed by atoms with Gasteiger partial charge in [-0.1, -0.05) is 43.2 Å². The number of amides is 1. The molecule has 5 heteroatoms. The van der Waals surface area contributed by atoms with Crippen LogP contribution in [0.15, 0.2) is 54.6 Å². The molecule has 2 aromatic carbocycles. The average molecular weight is 363 g/mol. The van der Waals surface area contributed by atoms with Crippen molar-refractivity contribution in [3.8, 4) is 17.0 Å². The highest BCUT2D eigenvalue weighted by atomic mass is 16.5. The number of aromatic amines is 1. The van der Waals surface area contributed by atoms with E-state index in [9.17, 15) is 4.79 Å². The maximum absolute atomic E-state index is 12.3. The molecule has 140 valence electrons. The molecule has 1 amide bonds. The molecule has 1 aromatic heterocycles. The fraction of sp³-hybridized carbons (Fsp3) is 0.273. The summed E-state index contributed by atoms with van der Waals surface area (Å²) >= 11 is 0. The number of aromatic nitrogens is 2. The Morgan fingerprint density at radius 2 is 1.85 bits per heavy atom. The first-order valence-electron chi connectivity index (χ1n) is 9.28. The van der Waals surface area contributed by atoms with Crippen LogP contribution in [-0.4, -0.2) is 22.7 Å². The zero-order valence-corrected chi connectivity index (χ0v) is 15.8. The van der Waals surface area contributed by atoms with E-state index in [2.05, 4.69) is 22.4 Å². The van der Waals surface area contributed by atoms with Crippen molar-refractivity contribution in [1.82, 2.24) is 15.5 Å². The predicted molar refractivity (Wildman–Crippen MR) is 107 cm³/mol. The number of nitrogens with zero attached hydrogens (tertiary/aromatic N) is 1. The van der Waals surface area contributed by atoms with E-state index >= 15 is 0 Å². The second kappa shape index (κ2) is 9.03. The third-order valence-corrected chi connectivity index (χ3v) is 4.31. The van der Waals surface area contributed by atoms with Crippen LogP contribution in [0.1, 0.15) is 41.4 Å². The summed E-state index contributed by atoms with van der Waals surface area (Å²) in [7, 11) is 0. The predicted octanol–water partition coefficient (Wildman–Crippen LogP) is 4.49. The first-order valence-corrected chi connectivity index (χ1v) is 9.28. The van der Waals surface area contributed by atoms with Crippen molar-refractivity contribution < 1.29 is 9.53 Å². The summed E-state index contributed by atoms with van der Waals surface area (Å²) in [4.78, 5) is 12.3. The van der Waals surface area contributed by atoms with E-state index in [1.807, 2.05) is 55.5 Å². The summed E-state index contributed by atoms with van der Waals surface area (Å²) in [5, 5.41) is 9.97. The van der Waals surface area contributed by atoms with Crippen molar-refractivity contribution >= 4 is 5.91 Å². The van der Waals surface area contributed by atoms with Gasteiger partial charge in [-0.3, -0.25) is 9.89 Å². The number of carbonyl (C=O) groups excluding carboxylic acids is 1. The zero-order valence-electron chi connectivity index (χ0n) is 15.8. The number of unbranched alkanes of at least 4 members (excludes halogenated alkanes) is 1. The molecule has 0 saturated heterocycles. The Bertz CT molecular complexity index is 867. The van der Waals surface area contributed by atoms with Gasteiger partial charge in [0.1, 0.15) is 11.4 Å². The van der Waals surface area contributed by atoms with E-state index in [4.69, 9.17) is 4.74 Å². The van der Waals surface area contributed by atoms with Gasteiger partial charge in [0.05, 0.1) is 12.3 Å². The summed E-state index contributed by atoms with van der Waals surface area (Å²) in [6.07, 6.45) is 2.16. The van der Waals surface area contributed by atoms with Crippen LogP contribution in [0.3, 0.4) is 0 Å². The highest BCUT2D eigenvalue weighted by Gasteiger charge is 2.11. The first-order chi connectivity index (χ1) is 13.2. The molecule has 0 aliphatic heterocycles. The monoisotopic (exact) mass is 363 g/mol. The molecule has 1 heterocycles. The molecule has 5 nitrogen and oxygen atoms in total. The first kappa shape index (κ1) is 18.7. The van der Waals surface area contributed by atoms with Gasteiger partial charge in [-0.25, -0.2) is 0 Å². The van der Waals surface area contributed by atoms with Gasteiger partial charge in [-0.05, 0) is 49.2 Å². The molecule has 27 heavy (non-hydrogen) atoms. The minimum Gasteiger partial charge on any atom is -0.494 e. The number of carbonyl (C=O) groups is 1. The van der Waals surface area contributed by atoms with Gasteiger partial charge >= 0.3 is 0 Å². The summed E-state index contributed by atoms with van der Waals surface area (Å²) < 4.78 is 5.67. The van der Waals surface area contributed by atoms with Crippen LogP contribution < -0.4 is 10.1 Å². The summed E-state index contributed by atoms with van der Waals surface area (Å²) in [6.45, 7) is 5.39. The van der Waals surface area contributed by atoms with E-state index in [1.165, 1.54) is 5.56 Å². The molecule has 0 aliphatic carbocycles. The fourth-order valence-corrected chi connectivity index (χ4v) is 2.63. The number of benzene rings is 2. The van der Waals surface area contributed by atoms with Crippen molar-refractivity contribution in [2.45, 2.75) is 33.2 Å². The minimum atomic E-state index is -0.172. The van der Waals surface area contributed by atoms with Crippen LogP contribution in [0, 0.1) is 6.92 Å². The SMILES string of the molecule is CCCCOc1ccc(-c2cc(C(=O)NCc3ccc(C)cc3)[nH]n2)cc1. The van der Waals surface area contributed by atoms with Gasteiger partial charge in [0.2, 0.25) is 0 Å². The molecular formula is C22H25N3O2. The highest BCUT2D eigenvalue weighted by molar-refractivity contribution is 5.93. The molecule has 2 N–H and O–H groups in total. The largest absolute Gasteiger partial charge is 0.494 e. The lowest BCUT2D eigenvalue weighted by molar-refractivity contribution is 0.0946. The Morgan fingerprint density at radius 3 is 2.56 bits per heavy atom. The van der Waals surface area contributed by atoms with Crippen LogP contribution in [-0.2, 0) is 6.54 Å². The van der Waals surface area contributed by atoms with Gasteiger partial charge in [0.15, 0.2) is 0 Å².